The van der Waals surface area contributed by atoms with E-state index in [9.17, 15) is 4.79 Å². The summed E-state index contributed by atoms with van der Waals surface area (Å²) in [4.78, 5) is 11.8. The summed E-state index contributed by atoms with van der Waals surface area (Å²) in [6.45, 7) is 5.82. The molecule has 0 heterocycles. The second kappa shape index (κ2) is 6.74. The van der Waals surface area contributed by atoms with Gasteiger partial charge in [-0.25, -0.2) is 0 Å². The fraction of sp³-hybridized carbons (Fsp3) is 0.938. The van der Waals surface area contributed by atoms with Gasteiger partial charge < -0.3 is 10.1 Å². The lowest BCUT2D eigenvalue weighted by atomic mass is 9.85. The standard InChI is InChI=1S/C16H29NO2/c1-3-8-16(9-10-16)12-17-14-7-5-6-13(11-14)15(18)19-4-2/h13-14,17H,3-12H2,1-2H3. The second-order valence-corrected chi connectivity index (χ2v) is 6.44. The molecule has 2 aliphatic rings. The monoisotopic (exact) mass is 267 g/mol. The zero-order valence-electron chi connectivity index (χ0n) is 12.5. The Morgan fingerprint density at radius 3 is 2.74 bits per heavy atom. The zero-order chi connectivity index (χ0) is 13.7. The van der Waals surface area contributed by atoms with Crippen LogP contribution in [0.2, 0.25) is 0 Å². The molecule has 2 atom stereocenters. The summed E-state index contributed by atoms with van der Waals surface area (Å²) in [5.74, 6) is 0.149. The molecule has 1 N–H and O–H groups in total. The van der Waals surface area contributed by atoms with Crippen molar-refractivity contribution in [3.63, 3.8) is 0 Å². The number of carbonyl (C=O) groups excluding carboxylic acids is 1. The van der Waals surface area contributed by atoms with E-state index >= 15 is 0 Å². The van der Waals surface area contributed by atoms with E-state index in [4.69, 9.17) is 4.74 Å². The highest BCUT2D eigenvalue weighted by molar-refractivity contribution is 5.72. The van der Waals surface area contributed by atoms with Crippen molar-refractivity contribution in [2.75, 3.05) is 13.2 Å². The number of carbonyl (C=O) groups is 1. The molecule has 2 aliphatic carbocycles. The first kappa shape index (κ1) is 14.8. The van der Waals surface area contributed by atoms with Gasteiger partial charge in [-0.15, -0.1) is 0 Å². The molecule has 2 fully saturated rings. The van der Waals surface area contributed by atoms with E-state index in [2.05, 4.69) is 12.2 Å². The van der Waals surface area contributed by atoms with Gasteiger partial charge in [0.1, 0.15) is 0 Å². The molecule has 0 saturated heterocycles. The predicted octanol–water partition coefficient (Wildman–Crippen LogP) is 3.28. The minimum Gasteiger partial charge on any atom is -0.466 e. The highest BCUT2D eigenvalue weighted by atomic mass is 16.5. The molecule has 0 bridgehead atoms. The van der Waals surface area contributed by atoms with Crippen molar-refractivity contribution in [2.24, 2.45) is 11.3 Å². The summed E-state index contributed by atoms with van der Waals surface area (Å²) in [5.41, 5.74) is 0.603. The van der Waals surface area contributed by atoms with Crippen LogP contribution in [0.4, 0.5) is 0 Å². The molecule has 0 aromatic carbocycles. The Labute approximate surface area is 117 Å². The molecular weight excluding hydrogens is 238 g/mol. The van der Waals surface area contributed by atoms with Crippen molar-refractivity contribution in [3.8, 4) is 0 Å². The van der Waals surface area contributed by atoms with Crippen molar-refractivity contribution < 1.29 is 9.53 Å². The van der Waals surface area contributed by atoms with Crippen LogP contribution in [0.15, 0.2) is 0 Å². The van der Waals surface area contributed by atoms with E-state index in [-0.39, 0.29) is 11.9 Å². The van der Waals surface area contributed by atoms with Crippen molar-refractivity contribution in [1.82, 2.24) is 5.32 Å². The zero-order valence-corrected chi connectivity index (χ0v) is 12.5. The van der Waals surface area contributed by atoms with Crippen LogP contribution >= 0.6 is 0 Å². The summed E-state index contributed by atoms with van der Waals surface area (Å²) in [6, 6.07) is 0.525. The van der Waals surface area contributed by atoms with Crippen molar-refractivity contribution in [2.45, 2.75) is 71.3 Å². The molecular formula is C16H29NO2. The van der Waals surface area contributed by atoms with Crippen LogP contribution in [0.5, 0.6) is 0 Å². The van der Waals surface area contributed by atoms with E-state index in [1.807, 2.05) is 6.92 Å². The van der Waals surface area contributed by atoms with Crippen molar-refractivity contribution in [3.05, 3.63) is 0 Å². The van der Waals surface area contributed by atoms with E-state index < -0.39 is 0 Å². The SMILES string of the molecule is CCCC1(CNC2CCCC(C(=O)OCC)C2)CC1. The molecule has 0 aromatic rings. The van der Waals surface area contributed by atoms with E-state index in [0.29, 0.717) is 18.1 Å². The molecule has 2 unspecified atom stereocenters. The Morgan fingerprint density at radius 2 is 2.11 bits per heavy atom. The third-order valence-corrected chi connectivity index (χ3v) is 4.80. The first-order valence-electron chi connectivity index (χ1n) is 8.09. The molecule has 110 valence electrons. The highest BCUT2D eigenvalue weighted by Crippen LogP contribution is 2.49. The summed E-state index contributed by atoms with van der Waals surface area (Å²) < 4.78 is 5.16. The molecule has 0 spiro atoms. The molecule has 3 heteroatoms. The van der Waals surface area contributed by atoms with E-state index in [1.165, 1.54) is 32.1 Å². The lowest BCUT2D eigenvalue weighted by Gasteiger charge is -2.30. The molecule has 0 aliphatic heterocycles. The van der Waals surface area contributed by atoms with Crippen LogP contribution in [0.3, 0.4) is 0 Å². The van der Waals surface area contributed by atoms with Gasteiger partial charge in [0.25, 0.3) is 0 Å². The van der Waals surface area contributed by atoms with Crippen LogP contribution in [0, 0.1) is 11.3 Å². The van der Waals surface area contributed by atoms with Gasteiger partial charge in [0.15, 0.2) is 0 Å². The predicted molar refractivity (Wildman–Crippen MR) is 77.0 cm³/mol. The Bertz CT molecular complexity index is 299. The number of hydrogen-bond donors (Lipinski definition) is 1. The van der Waals surface area contributed by atoms with Crippen LogP contribution < -0.4 is 5.32 Å². The summed E-state index contributed by atoms with van der Waals surface area (Å²) in [5, 5.41) is 3.73. The van der Waals surface area contributed by atoms with Gasteiger partial charge in [0, 0.05) is 12.6 Å². The fourth-order valence-electron chi connectivity index (χ4n) is 3.43. The number of ether oxygens (including phenoxy) is 1. The van der Waals surface area contributed by atoms with Crippen LogP contribution in [-0.4, -0.2) is 25.2 Å². The molecule has 19 heavy (non-hydrogen) atoms. The quantitative estimate of drug-likeness (QED) is 0.719. The average Bonchev–Trinajstić information content (AvgIpc) is 3.18. The minimum absolute atomic E-state index is 0.0173. The molecule has 0 amide bonds. The fourth-order valence-corrected chi connectivity index (χ4v) is 3.43. The van der Waals surface area contributed by atoms with Gasteiger partial charge in [-0.2, -0.15) is 0 Å². The largest absolute Gasteiger partial charge is 0.466 e. The Morgan fingerprint density at radius 1 is 1.32 bits per heavy atom. The average molecular weight is 267 g/mol. The summed E-state index contributed by atoms with van der Waals surface area (Å²) in [7, 11) is 0. The molecule has 0 aromatic heterocycles. The number of hydrogen-bond acceptors (Lipinski definition) is 3. The maximum atomic E-state index is 11.8. The third-order valence-electron chi connectivity index (χ3n) is 4.80. The van der Waals surface area contributed by atoms with Crippen molar-refractivity contribution >= 4 is 5.97 Å². The Balaban J connectivity index is 1.73. The summed E-state index contributed by atoms with van der Waals surface area (Å²) in [6.07, 6.45) is 9.79. The first-order valence-corrected chi connectivity index (χ1v) is 8.09. The van der Waals surface area contributed by atoms with Crippen LogP contribution in [0.25, 0.3) is 0 Å². The van der Waals surface area contributed by atoms with Crippen LogP contribution in [0.1, 0.15) is 65.2 Å². The van der Waals surface area contributed by atoms with Gasteiger partial charge in [-0.05, 0) is 50.9 Å². The highest BCUT2D eigenvalue weighted by Gasteiger charge is 2.41. The minimum atomic E-state index is 0.0173. The number of nitrogens with one attached hydrogen (secondary N) is 1. The molecule has 0 radical (unpaired) electrons. The van der Waals surface area contributed by atoms with E-state index in [0.717, 1.165) is 25.8 Å². The van der Waals surface area contributed by atoms with E-state index in [1.54, 1.807) is 0 Å². The smallest absolute Gasteiger partial charge is 0.308 e. The third kappa shape index (κ3) is 4.20. The lowest BCUT2D eigenvalue weighted by molar-refractivity contribution is -0.149. The maximum absolute atomic E-state index is 11.8. The molecule has 2 saturated carbocycles. The normalized spacial score (nSPS) is 28.9. The number of esters is 1. The molecule has 3 nitrogen and oxygen atoms in total. The van der Waals surface area contributed by atoms with Gasteiger partial charge in [-0.1, -0.05) is 19.8 Å². The second-order valence-electron chi connectivity index (χ2n) is 6.44. The summed E-state index contributed by atoms with van der Waals surface area (Å²) >= 11 is 0. The van der Waals surface area contributed by atoms with Gasteiger partial charge in [-0.3, -0.25) is 4.79 Å². The topological polar surface area (TPSA) is 38.3 Å². The van der Waals surface area contributed by atoms with Gasteiger partial charge >= 0.3 is 5.97 Å². The first-order chi connectivity index (χ1) is 9.19. The maximum Gasteiger partial charge on any atom is 0.308 e. The molecule has 2 rings (SSSR count). The number of rotatable bonds is 7. The Kier molecular flexibility index (Phi) is 5.26. The van der Waals surface area contributed by atoms with Crippen LogP contribution in [-0.2, 0) is 9.53 Å². The Hall–Kier alpha value is -0.570. The van der Waals surface area contributed by atoms with Gasteiger partial charge in [0.05, 0.1) is 12.5 Å². The lowest BCUT2D eigenvalue weighted by Crippen LogP contribution is -2.39. The van der Waals surface area contributed by atoms with Crippen molar-refractivity contribution in [1.29, 1.82) is 0 Å². The van der Waals surface area contributed by atoms with Gasteiger partial charge in [0.2, 0.25) is 0 Å².